The maximum Gasteiger partial charge on any atom is 0.326 e. The number of hydrogen-bond donors (Lipinski definition) is 2. The Morgan fingerprint density at radius 1 is 1.33 bits per heavy atom. The smallest absolute Gasteiger partial charge is 0.326 e. The van der Waals surface area contributed by atoms with Crippen LogP contribution in [0, 0.1) is 0 Å². The Kier molecular flexibility index (Phi) is 7.82. The molecule has 0 radical (unpaired) electrons. The van der Waals surface area contributed by atoms with E-state index in [2.05, 4.69) is 11.9 Å². The first kappa shape index (κ1) is 16.9. The van der Waals surface area contributed by atoms with Crippen LogP contribution < -0.4 is 5.32 Å². The second-order valence-electron chi connectivity index (χ2n) is 4.61. The highest BCUT2D eigenvalue weighted by Crippen LogP contribution is 2.00. The molecule has 21 heavy (non-hydrogen) atoms. The summed E-state index contributed by atoms with van der Waals surface area (Å²) < 4.78 is 5.26. The minimum absolute atomic E-state index is 0.134. The highest BCUT2D eigenvalue weighted by molar-refractivity contribution is 5.84. The molecule has 1 amide bonds. The molecule has 0 aliphatic rings. The molecule has 1 atom stereocenters. The van der Waals surface area contributed by atoms with Crippen molar-refractivity contribution in [3.8, 4) is 0 Å². The van der Waals surface area contributed by atoms with Gasteiger partial charge < -0.3 is 15.2 Å². The number of carboxylic acids is 1. The topological polar surface area (TPSA) is 75.6 Å². The Balaban J connectivity index is 2.23. The molecule has 1 aromatic carbocycles. The number of carbonyl (C=O) groups excluding carboxylic acids is 1. The van der Waals surface area contributed by atoms with Crippen LogP contribution in [0.3, 0.4) is 0 Å². The number of nitrogens with one attached hydrogen (secondary N) is 1. The van der Waals surface area contributed by atoms with Crippen molar-refractivity contribution in [3.63, 3.8) is 0 Å². The van der Waals surface area contributed by atoms with E-state index in [1.807, 2.05) is 30.3 Å². The molecular weight excluding hydrogens is 270 g/mol. The second kappa shape index (κ2) is 9.72. The summed E-state index contributed by atoms with van der Waals surface area (Å²) in [5, 5.41) is 11.4. The van der Waals surface area contributed by atoms with Gasteiger partial charge in [0.1, 0.15) is 12.6 Å². The maximum absolute atomic E-state index is 11.6. The van der Waals surface area contributed by atoms with E-state index in [1.54, 1.807) is 6.08 Å². The zero-order chi connectivity index (χ0) is 15.5. The molecule has 114 valence electrons. The van der Waals surface area contributed by atoms with Crippen molar-refractivity contribution in [2.75, 3.05) is 13.2 Å². The monoisotopic (exact) mass is 291 g/mol. The van der Waals surface area contributed by atoms with E-state index in [9.17, 15) is 9.59 Å². The zero-order valence-electron chi connectivity index (χ0n) is 12.0. The normalized spacial score (nSPS) is 11.6. The number of allylic oxidation sites excluding steroid dienone is 1. The van der Waals surface area contributed by atoms with E-state index in [1.165, 1.54) is 0 Å². The lowest BCUT2D eigenvalue weighted by atomic mass is 10.1. The molecule has 1 unspecified atom stereocenters. The van der Waals surface area contributed by atoms with Gasteiger partial charge in [-0.1, -0.05) is 36.4 Å². The van der Waals surface area contributed by atoms with Gasteiger partial charge in [0.25, 0.3) is 0 Å². The number of carbonyl (C=O) groups is 2. The molecule has 0 spiro atoms. The number of rotatable bonds is 10. The average Bonchev–Trinajstić information content (AvgIpc) is 2.48. The molecule has 0 bridgehead atoms. The van der Waals surface area contributed by atoms with Crippen LogP contribution in [0.5, 0.6) is 0 Å². The third-order valence-electron chi connectivity index (χ3n) is 2.90. The van der Waals surface area contributed by atoms with Crippen molar-refractivity contribution in [2.45, 2.75) is 25.3 Å². The van der Waals surface area contributed by atoms with Crippen LogP contribution in [0.4, 0.5) is 0 Å². The number of amides is 1. The molecule has 0 aromatic heterocycles. The molecule has 1 rings (SSSR count). The van der Waals surface area contributed by atoms with Gasteiger partial charge in [0.2, 0.25) is 5.91 Å². The number of carboxylic acid groups (broad SMARTS) is 1. The Morgan fingerprint density at radius 2 is 2.05 bits per heavy atom. The van der Waals surface area contributed by atoms with Crippen LogP contribution >= 0.6 is 0 Å². The highest BCUT2D eigenvalue weighted by atomic mass is 16.5. The first-order chi connectivity index (χ1) is 10.1. The van der Waals surface area contributed by atoms with Gasteiger partial charge in [0.05, 0.1) is 6.61 Å². The molecule has 0 fully saturated rings. The summed E-state index contributed by atoms with van der Waals surface area (Å²) in [7, 11) is 0. The van der Waals surface area contributed by atoms with Crippen LogP contribution in [-0.2, 0) is 20.7 Å². The fourth-order valence-corrected chi connectivity index (χ4v) is 1.78. The fourth-order valence-electron chi connectivity index (χ4n) is 1.78. The van der Waals surface area contributed by atoms with E-state index in [-0.39, 0.29) is 6.61 Å². The predicted molar refractivity (Wildman–Crippen MR) is 80.0 cm³/mol. The van der Waals surface area contributed by atoms with Crippen molar-refractivity contribution in [2.24, 2.45) is 0 Å². The Hall–Kier alpha value is -2.14. The SMILES string of the molecule is C=CCCC(NC(=O)COCCc1ccccc1)C(=O)O. The quantitative estimate of drug-likeness (QED) is 0.509. The number of hydrogen-bond acceptors (Lipinski definition) is 3. The fraction of sp³-hybridized carbons (Fsp3) is 0.375. The third kappa shape index (κ3) is 7.27. The lowest BCUT2D eigenvalue weighted by Gasteiger charge is -2.13. The highest BCUT2D eigenvalue weighted by Gasteiger charge is 2.18. The molecule has 0 heterocycles. The summed E-state index contributed by atoms with van der Waals surface area (Å²) in [6.45, 7) is 3.81. The first-order valence-corrected chi connectivity index (χ1v) is 6.88. The first-order valence-electron chi connectivity index (χ1n) is 6.88. The van der Waals surface area contributed by atoms with E-state index in [4.69, 9.17) is 9.84 Å². The molecular formula is C16H21NO4. The lowest BCUT2D eigenvalue weighted by molar-refractivity contribution is -0.142. The Bertz CT molecular complexity index is 459. The minimum atomic E-state index is -1.05. The molecule has 2 N–H and O–H groups in total. The molecule has 1 aromatic rings. The van der Waals surface area contributed by atoms with Gasteiger partial charge in [-0.05, 0) is 24.8 Å². The van der Waals surface area contributed by atoms with E-state index in [0.29, 0.717) is 25.9 Å². The van der Waals surface area contributed by atoms with Crippen LogP contribution in [0.25, 0.3) is 0 Å². The minimum Gasteiger partial charge on any atom is -0.480 e. The van der Waals surface area contributed by atoms with Crippen molar-refractivity contribution >= 4 is 11.9 Å². The van der Waals surface area contributed by atoms with Gasteiger partial charge in [-0.2, -0.15) is 0 Å². The zero-order valence-corrected chi connectivity index (χ0v) is 12.0. The van der Waals surface area contributed by atoms with E-state index >= 15 is 0 Å². The van der Waals surface area contributed by atoms with Crippen LogP contribution in [0.1, 0.15) is 18.4 Å². The summed E-state index contributed by atoms with van der Waals surface area (Å²) in [4.78, 5) is 22.6. The number of ether oxygens (including phenoxy) is 1. The van der Waals surface area contributed by atoms with Crippen LogP contribution in [0.15, 0.2) is 43.0 Å². The molecule has 0 aliphatic heterocycles. The van der Waals surface area contributed by atoms with Crippen LogP contribution in [0.2, 0.25) is 0 Å². The lowest BCUT2D eigenvalue weighted by Crippen LogP contribution is -2.42. The summed E-state index contributed by atoms with van der Waals surface area (Å²) in [5.74, 6) is -1.46. The third-order valence-corrected chi connectivity index (χ3v) is 2.90. The van der Waals surface area contributed by atoms with E-state index < -0.39 is 17.9 Å². The van der Waals surface area contributed by atoms with Gasteiger partial charge in [-0.25, -0.2) is 4.79 Å². The standard InChI is InChI=1S/C16H21NO4/c1-2-3-9-14(16(19)20)17-15(18)12-21-11-10-13-7-5-4-6-8-13/h2,4-8,14H,1,3,9-12H2,(H,17,18)(H,19,20). The molecule has 0 aliphatic carbocycles. The Morgan fingerprint density at radius 3 is 2.67 bits per heavy atom. The van der Waals surface area contributed by atoms with Crippen molar-refractivity contribution in [1.82, 2.24) is 5.32 Å². The summed E-state index contributed by atoms with van der Waals surface area (Å²) in [6, 6.07) is 8.90. The number of aliphatic carboxylic acids is 1. The molecule has 5 heteroatoms. The van der Waals surface area contributed by atoms with Gasteiger partial charge >= 0.3 is 5.97 Å². The van der Waals surface area contributed by atoms with Crippen molar-refractivity contribution in [3.05, 3.63) is 48.6 Å². The predicted octanol–water partition coefficient (Wildman–Crippen LogP) is 1.78. The Labute approximate surface area is 124 Å². The van der Waals surface area contributed by atoms with Gasteiger partial charge in [-0.15, -0.1) is 6.58 Å². The van der Waals surface area contributed by atoms with Gasteiger partial charge in [-0.3, -0.25) is 4.79 Å². The van der Waals surface area contributed by atoms with E-state index in [0.717, 1.165) is 5.56 Å². The summed E-state index contributed by atoms with van der Waals surface area (Å²) in [5.41, 5.74) is 1.13. The van der Waals surface area contributed by atoms with Crippen LogP contribution in [-0.4, -0.2) is 36.2 Å². The second-order valence-corrected chi connectivity index (χ2v) is 4.61. The average molecular weight is 291 g/mol. The van der Waals surface area contributed by atoms with Gasteiger partial charge in [0, 0.05) is 0 Å². The molecule has 0 saturated heterocycles. The number of benzene rings is 1. The molecule has 0 saturated carbocycles. The van der Waals surface area contributed by atoms with Crippen molar-refractivity contribution in [1.29, 1.82) is 0 Å². The summed E-state index contributed by atoms with van der Waals surface area (Å²) in [6.07, 6.45) is 3.20. The van der Waals surface area contributed by atoms with Crippen molar-refractivity contribution < 1.29 is 19.4 Å². The van der Waals surface area contributed by atoms with Gasteiger partial charge in [0.15, 0.2) is 0 Å². The maximum atomic E-state index is 11.6. The summed E-state index contributed by atoms with van der Waals surface area (Å²) >= 11 is 0. The molecule has 5 nitrogen and oxygen atoms in total. The largest absolute Gasteiger partial charge is 0.480 e.